The fraction of sp³-hybridized carbons (Fsp3) is 1.00. The third-order valence-corrected chi connectivity index (χ3v) is 3.46. The van der Waals surface area contributed by atoms with Gasteiger partial charge in [0.05, 0.1) is 0 Å². The number of rotatable bonds is 0. The van der Waals surface area contributed by atoms with Gasteiger partial charge in [0, 0.05) is 0 Å². The van der Waals surface area contributed by atoms with Gasteiger partial charge in [-0.25, -0.2) is 0 Å². The summed E-state index contributed by atoms with van der Waals surface area (Å²) in [5.74, 6) is 0. The summed E-state index contributed by atoms with van der Waals surface area (Å²) in [6.45, 7) is 9.11. The van der Waals surface area contributed by atoms with Gasteiger partial charge >= 0.3 is 54.7 Å². The van der Waals surface area contributed by atoms with E-state index in [1.54, 1.807) is 0 Å². The van der Waals surface area contributed by atoms with Gasteiger partial charge in [-0.2, -0.15) is 0 Å². The average Bonchev–Trinajstić information content (AvgIpc) is 1.31. The second-order valence-corrected chi connectivity index (χ2v) is 5.25. The first-order valence-electron chi connectivity index (χ1n) is 2.70. The molecule has 0 aliphatic heterocycles. The summed E-state index contributed by atoms with van der Waals surface area (Å²) in [4.78, 5) is 0. The van der Waals surface area contributed by atoms with Crippen molar-refractivity contribution < 1.29 is 0 Å². The number of hydrogen-bond donors (Lipinski definition) is 0. The van der Waals surface area contributed by atoms with Gasteiger partial charge in [0.2, 0.25) is 0 Å². The van der Waals surface area contributed by atoms with Crippen molar-refractivity contribution in [3.8, 4) is 0 Å². The zero-order valence-corrected chi connectivity index (χ0v) is 8.08. The molecule has 0 heterocycles. The van der Waals surface area contributed by atoms with Crippen molar-refractivity contribution in [1.82, 2.24) is 0 Å². The van der Waals surface area contributed by atoms with E-state index < -0.39 is 0 Å². The molecule has 0 amide bonds. The van der Waals surface area contributed by atoms with Gasteiger partial charge < -0.3 is 0 Å². The van der Waals surface area contributed by atoms with Gasteiger partial charge in [-0.3, -0.25) is 0 Å². The van der Waals surface area contributed by atoms with Crippen molar-refractivity contribution in [2.24, 2.45) is 5.41 Å². The van der Waals surface area contributed by atoms with Gasteiger partial charge in [-0.1, -0.05) is 0 Å². The maximum atomic E-state index is 2.28. The van der Waals surface area contributed by atoms with Gasteiger partial charge in [0.1, 0.15) is 0 Å². The molecule has 0 spiro atoms. The van der Waals surface area contributed by atoms with E-state index in [1.165, 1.54) is 0 Å². The standard InChI is InChI=1S/C6H15As/c1-5(7)6(2,3)4/h5H,7H2,1-4H3/t5-/m0/s1. The predicted molar refractivity (Wildman–Crippen MR) is 37.4 cm³/mol. The molecule has 0 fully saturated rings. The van der Waals surface area contributed by atoms with Crippen molar-refractivity contribution in [2.45, 2.75) is 32.4 Å². The molecule has 0 radical (unpaired) electrons. The van der Waals surface area contributed by atoms with Crippen molar-refractivity contribution in [3.63, 3.8) is 0 Å². The van der Waals surface area contributed by atoms with E-state index in [4.69, 9.17) is 0 Å². The van der Waals surface area contributed by atoms with E-state index in [2.05, 4.69) is 27.7 Å². The molecule has 0 saturated heterocycles. The molecule has 1 heteroatoms. The molecule has 0 bridgehead atoms. The third kappa shape index (κ3) is 3.17. The first kappa shape index (κ1) is 7.56. The average molecular weight is 162 g/mol. The van der Waals surface area contributed by atoms with Crippen LogP contribution in [-0.2, 0) is 0 Å². The molecular formula is C6H15As. The Kier molecular flexibility index (Phi) is 2.39. The van der Waals surface area contributed by atoms with E-state index in [0.717, 1.165) is 4.71 Å². The Hall–Kier alpha value is 0.558. The van der Waals surface area contributed by atoms with E-state index in [-0.39, 0.29) is 0 Å². The van der Waals surface area contributed by atoms with Gasteiger partial charge in [-0.05, 0) is 0 Å². The molecule has 0 N–H and O–H groups in total. The summed E-state index contributed by atoms with van der Waals surface area (Å²) in [5.41, 5.74) is 0.528. The molecule has 0 nitrogen and oxygen atoms in total. The van der Waals surface area contributed by atoms with Crippen LogP contribution in [0, 0.1) is 5.41 Å². The van der Waals surface area contributed by atoms with E-state index >= 15 is 0 Å². The summed E-state index contributed by atoms with van der Waals surface area (Å²) in [5, 5.41) is 0. The Morgan fingerprint density at radius 2 is 1.43 bits per heavy atom. The monoisotopic (exact) mass is 162 g/mol. The van der Waals surface area contributed by atoms with Crippen LogP contribution in [0.15, 0.2) is 0 Å². The Morgan fingerprint density at radius 3 is 1.43 bits per heavy atom. The quantitative estimate of drug-likeness (QED) is 0.473. The molecule has 0 aromatic heterocycles. The number of hydrogen-bond acceptors (Lipinski definition) is 0. The molecule has 0 aromatic carbocycles. The summed E-state index contributed by atoms with van der Waals surface area (Å²) in [6, 6.07) is 0. The Balaban J connectivity index is 3.54. The van der Waals surface area contributed by atoms with Crippen LogP contribution in [0.5, 0.6) is 0 Å². The van der Waals surface area contributed by atoms with Gasteiger partial charge in [-0.15, -0.1) is 0 Å². The van der Waals surface area contributed by atoms with Crippen LogP contribution in [0.3, 0.4) is 0 Å². The molecular weight excluding hydrogens is 147 g/mol. The van der Waals surface area contributed by atoms with Crippen molar-refractivity contribution in [2.75, 3.05) is 0 Å². The van der Waals surface area contributed by atoms with E-state index in [9.17, 15) is 0 Å². The van der Waals surface area contributed by atoms with Crippen molar-refractivity contribution in [3.05, 3.63) is 0 Å². The second kappa shape index (κ2) is 2.22. The summed E-state index contributed by atoms with van der Waals surface area (Å²) < 4.78 is 0.861. The van der Waals surface area contributed by atoms with Crippen LogP contribution >= 0.6 is 0 Å². The topological polar surface area (TPSA) is 0 Å². The molecule has 0 aliphatic rings. The molecule has 7 heavy (non-hydrogen) atoms. The first-order chi connectivity index (χ1) is 2.94. The SMILES string of the molecule is C[C@H]([AsH2])C(C)(C)C. The molecule has 0 aromatic rings. The van der Waals surface area contributed by atoms with Gasteiger partial charge in [0.15, 0.2) is 0 Å². The summed E-state index contributed by atoms with van der Waals surface area (Å²) >= 11 is 1.84. The first-order valence-corrected chi connectivity index (χ1v) is 4.10. The van der Waals surface area contributed by atoms with Crippen LogP contribution in [0.2, 0.25) is 4.71 Å². The fourth-order valence-corrected chi connectivity index (χ4v) is 0. The van der Waals surface area contributed by atoms with Gasteiger partial charge in [0.25, 0.3) is 0 Å². The Morgan fingerprint density at radius 1 is 1.29 bits per heavy atom. The predicted octanol–water partition coefficient (Wildman–Crippen LogP) is 1.47. The Labute approximate surface area is 55.2 Å². The summed E-state index contributed by atoms with van der Waals surface area (Å²) in [6.07, 6.45) is 0. The zero-order valence-electron chi connectivity index (χ0n) is 5.65. The normalized spacial score (nSPS) is 16.7. The molecule has 2 atom stereocenters. The van der Waals surface area contributed by atoms with Crippen LogP contribution < -0.4 is 0 Å². The minimum absolute atomic E-state index is 0.528. The summed E-state index contributed by atoms with van der Waals surface area (Å²) in [7, 11) is 0. The molecule has 0 aliphatic carbocycles. The molecule has 44 valence electrons. The van der Waals surface area contributed by atoms with Crippen LogP contribution in [-0.4, -0.2) is 16.9 Å². The van der Waals surface area contributed by atoms with Crippen molar-refractivity contribution >= 4 is 16.9 Å². The zero-order chi connectivity index (χ0) is 6.08. The molecule has 0 saturated carbocycles. The van der Waals surface area contributed by atoms with Crippen molar-refractivity contribution in [1.29, 1.82) is 0 Å². The Bertz CT molecular complexity index is 49.7. The second-order valence-electron chi connectivity index (χ2n) is 3.15. The minimum atomic E-state index is 0.528. The molecule has 1 unspecified atom stereocenters. The molecule has 0 rings (SSSR count). The maximum absolute atomic E-state index is 2.28. The third-order valence-electron chi connectivity index (χ3n) is 1.37. The van der Waals surface area contributed by atoms with E-state index in [1.807, 2.05) is 16.9 Å². The van der Waals surface area contributed by atoms with Crippen LogP contribution in [0.4, 0.5) is 0 Å². The van der Waals surface area contributed by atoms with Crippen LogP contribution in [0.25, 0.3) is 0 Å². The van der Waals surface area contributed by atoms with Crippen LogP contribution in [0.1, 0.15) is 27.7 Å². The fourth-order valence-electron chi connectivity index (χ4n) is 0. The van der Waals surface area contributed by atoms with E-state index in [0.29, 0.717) is 5.41 Å².